The molecule has 0 aromatic carbocycles. The summed E-state index contributed by atoms with van der Waals surface area (Å²) in [6.07, 6.45) is 1.54. The Kier molecular flexibility index (Phi) is 3.15. The van der Waals surface area contributed by atoms with Crippen LogP contribution >= 0.6 is 11.6 Å². The van der Waals surface area contributed by atoms with Crippen molar-refractivity contribution in [2.45, 2.75) is 38.9 Å². The van der Waals surface area contributed by atoms with Gasteiger partial charge < -0.3 is 15.4 Å². The summed E-state index contributed by atoms with van der Waals surface area (Å²) < 4.78 is 6.02. The molecule has 5 nitrogen and oxygen atoms in total. The predicted molar refractivity (Wildman–Crippen MR) is 72.9 cm³/mol. The Balaban J connectivity index is 2.35. The normalized spacial score (nSPS) is 21.9. The monoisotopic (exact) mass is 270 g/mol. The van der Waals surface area contributed by atoms with Gasteiger partial charge in [-0.25, -0.2) is 4.98 Å². The van der Waals surface area contributed by atoms with Crippen LogP contribution in [0.2, 0.25) is 5.02 Å². The van der Waals surface area contributed by atoms with Crippen molar-refractivity contribution in [1.82, 2.24) is 9.97 Å². The minimum Gasteiger partial charge on any atom is -0.368 e. The first-order valence-corrected chi connectivity index (χ1v) is 6.29. The van der Waals surface area contributed by atoms with Crippen LogP contribution in [0.4, 0.5) is 11.8 Å². The van der Waals surface area contributed by atoms with Crippen LogP contribution in [0.15, 0.2) is 6.20 Å². The molecular formula is C12H19ClN4O. The van der Waals surface area contributed by atoms with E-state index in [1.54, 1.807) is 0 Å². The van der Waals surface area contributed by atoms with Gasteiger partial charge in [-0.15, -0.1) is 0 Å². The van der Waals surface area contributed by atoms with Crippen LogP contribution in [-0.4, -0.2) is 34.3 Å². The third kappa shape index (κ3) is 2.84. The zero-order valence-corrected chi connectivity index (χ0v) is 12.0. The van der Waals surface area contributed by atoms with E-state index in [0.29, 0.717) is 23.9 Å². The van der Waals surface area contributed by atoms with Crippen molar-refractivity contribution < 1.29 is 4.74 Å². The van der Waals surface area contributed by atoms with Crippen LogP contribution in [0.5, 0.6) is 0 Å². The zero-order valence-electron chi connectivity index (χ0n) is 11.2. The van der Waals surface area contributed by atoms with Crippen molar-refractivity contribution in [2.75, 3.05) is 23.7 Å². The Morgan fingerprint density at radius 1 is 1.28 bits per heavy atom. The predicted octanol–water partition coefficient (Wildman–Crippen LogP) is 2.11. The van der Waals surface area contributed by atoms with E-state index in [1.807, 2.05) is 0 Å². The van der Waals surface area contributed by atoms with Crippen molar-refractivity contribution in [2.24, 2.45) is 0 Å². The van der Waals surface area contributed by atoms with Crippen LogP contribution in [0, 0.1) is 0 Å². The van der Waals surface area contributed by atoms with Gasteiger partial charge in [0.05, 0.1) is 17.4 Å². The van der Waals surface area contributed by atoms with Crippen molar-refractivity contribution in [3.05, 3.63) is 11.2 Å². The number of rotatable bonds is 1. The molecule has 1 fully saturated rings. The lowest BCUT2D eigenvalue weighted by Gasteiger charge is -2.47. The number of anilines is 2. The maximum atomic E-state index is 6.15. The van der Waals surface area contributed by atoms with E-state index in [4.69, 9.17) is 22.1 Å². The summed E-state index contributed by atoms with van der Waals surface area (Å²) in [7, 11) is 0. The number of nitrogens with zero attached hydrogens (tertiary/aromatic N) is 3. The SMILES string of the molecule is CC1(C)CN(c2nc(N)ncc2Cl)CC(C)(C)O1. The van der Waals surface area contributed by atoms with Crippen molar-refractivity contribution in [3.63, 3.8) is 0 Å². The van der Waals surface area contributed by atoms with E-state index in [2.05, 4.69) is 42.6 Å². The second-order valence-electron chi connectivity index (χ2n) is 5.88. The van der Waals surface area contributed by atoms with Gasteiger partial charge in [-0.1, -0.05) is 11.6 Å². The minimum atomic E-state index is -0.259. The Bertz CT molecular complexity index is 445. The zero-order chi connectivity index (χ0) is 13.6. The molecule has 0 unspecified atom stereocenters. The largest absolute Gasteiger partial charge is 0.368 e. The molecule has 2 rings (SSSR count). The molecule has 0 bridgehead atoms. The van der Waals surface area contributed by atoms with Crippen molar-refractivity contribution in [1.29, 1.82) is 0 Å². The fraction of sp³-hybridized carbons (Fsp3) is 0.667. The molecule has 1 aliphatic rings. The summed E-state index contributed by atoms with van der Waals surface area (Å²) >= 11 is 6.15. The van der Waals surface area contributed by atoms with Gasteiger partial charge in [0.15, 0.2) is 5.82 Å². The van der Waals surface area contributed by atoms with E-state index < -0.39 is 0 Å². The van der Waals surface area contributed by atoms with Crippen LogP contribution in [-0.2, 0) is 4.74 Å². The van der Waals surface area contributed by atoms with E-state index in [-0.39, 0.29) is 17.2 Å². The van der Waals surface area contributed by atoms with Gasteiger partial charge in [-0.2, -0.15) is 4.98 Å². The highest BCUT2D eigenvalue weighted by molar-refractivity contribution is 6.32. The average molecular weight is 271 g/mol. The third-order valence-electron chi connectivity index (χ3n) is 2.74. The maximum absolute atomic E-state index is 6.15. The Hall–Kier alpha value is -1.07. The molecule has 1 saturated heterocycles. The van der Waals surface area contributed by atoms with Crippen LogP contribution < -0.4 is 10.6 Å². The van der Waals surface area contributed by atoms with Gasteiger partial charge in [0.2, 0.25) is 5.95 Å². The van der Waals surface area contributed by atoms with Gasteiger partial charge in [-0.3, -0.25) is 0 Å². The molecule has 1 aromatic heterocycles. The molecule has 1 aromatic rings. The molecule has 0 atom stereocenters. The molecule has 6 heteroatoms. The number of halogens is 1. The average Bonchev–Trinajstić information content (AvgIpc) is 2.17. The van der Waals surface area contributed by atoms with E-state index in [1.165, 1.54) is 6.20 Å². The van der Waals surface area contributed by atoms with Crippen molar-refractivity contribution >= 4 is 23.4 Å². The first kappa shape index (κ1) is 13.4. The van der Waals surface area contributed by atoms with Crippen LogP contribution in [0.1, 0.15) is 27.7 Å². The van der Waals surface area contributed by atoms with E-state index in [9.17, 15) is 0 Å². The molecule has 0 spiro atoms. The number of nitrogens with two attached hydrogens (primary N) is 1. The van der Waals surface area contributed by atoms with Crippen molar-refractivity contribution in [3.8, 4) is 0 Å². The number of morpholine rings is 1. The second-order valence-corrected chi connectivity index (χ2v) is 6.28. The maximum Gasteiger partial charge on any atom is 0.222 e. The number of hydrogen-bond acceptors (Lipinski definition) is 5. The summed E-state index contributed by atoms with van der Waals surface area (Å²) in [5.74, 6) is 0.908. The van der Waals surface area contributed by atoms with Gasteiger partial charge >= 0.3 is 0 Å². The number of hydrogen-bond donors (Lipinski definition) is 1. The number of aromatic nitrogens is 2. The number of ether oxygens (including phenoxy) is 1. The van der Waals surface area contributed by atoms with Gasteiger partial charge in [0.1, 0.15) is 5.02 Å². The second kappa shape index (κ2) is 4.24. The van der Waals surface area contributed by atoms with Gasteiger partial charge in [-0.05, 0) is 27.7 Å². The van der Waals surface area contributed by atoms with E-state index in [0.717, 1.165) is 0 Å². The van der Waals surface area contributed by atoms with Crippen LogP contribution in [0.25, 0.3) is 0 Å². The summed E-state index contributed by atoms with van der Waals surface area (Å²) in [5.41, 5.74) is 5.11. The Morgan fingerprint density at radius 2 is 1.83 bits per heavy atom. The fourth-order valence-electron chi connectivity index (χ4n) is 2.53. The molecule has 0 saturated carbocycles. The molecule has 2 heterocycles. The Morgan fingerprint density at radius 3 is 2.39 bits per heavy atom. The third-order valence-corrected chi connectivity index (χ3v) is 3.01. The smallest absolute Gasteiger partial charge is 0.222 e. The molecule has 100 valence electrons. The van der Waals surface area contributed by atoms with Gasteiger partial charge in [0, 0.05) is 13.1 Å². The molecule has 0 radical (unpaired) electrons. The lowest BCUT2D eigenvalue weighted by Crippen LogP contribution is -2.57. The van der Waals surface area contributed by atoms with Crippen LogP contribution in [0.3, 0.4) is 0 Å². The first-order valence-electron chi connectivity index (χ1n) is 5.92. The van der Waals surface area contributed by atoms with E-state index >= 15 is 0 Å². The highest BCUT2D eigenvalue weighted by atomic mass is 35.5. The molecule has 1 aliphatic heterocycles. The van der Waals surface area contributed by atoms with Gasteiger partial charge in [0.25, 0.3) is 0 Å². The number of nitrogen functional groups attached to an aromatic ring is 1. The Labute approximate surface area is 112 Å². The molecule has 2 N–H and O–H groups in total. The summed E-state index contributed by atoms with van der Waals surface area (Å²) in [6.45, 7) is 9.65. The lowest BCUT2D eigenvalue weighted by molar-refractivity contribution is -0.133. The topological polar surface area (TPSA) is 64.3 Å². The fourth-order valence-corrected chi connectivity index (χ4v) is 2.74. The summed E-state index contributed by atoms with van der Waals surface area (Å²) in [6, 6.07) is 0. The highest BCUT2D eigenvalue weighted by Crippen LogP contribution is 2.33. The molecule has 0 aliphatic carbocycles. The summed E-state index contributed by atoms with van der Waals surface area (Å²) in [4.78, 5) is 10.2. The molecule has 18 heavy (non-hydrogen) atoms. The first-order chi connectivity index (χ1) is 8.19. The quantitative estimate of drug-likeness (QED) is 0.847. The summed E-state index contributed by atoms with van der Waals surface area (Å²) in [5, 5.41) is 0.512. The lowest BCUT2D eigenvalue weighted by atomic mass is 9.99. The molecular weight excluding hydrogens is 252 g/mol. The molecule has 0 amide bonds. The standard InChI is InChI=1S/C12H19ClN4O/c1-11(2)6-17(7-12(3,4)18-11)9-8(13)5-15-10(14)16-9/h5H,6-7H2,1-4H3,(H2,14,15,16). The highest BCUT2D eigenvalue weighted by Gasteiger charge is 2.39. The minimum absolute atomic E-state index is 0.233.